The number of rotatable bonds is 5. The van der Waals surface area contributed by atoms with Gasteiger partial charge in [-0.3, -0.25) is 4.79 Å². The zero-order chi connectivity index (χ0) is 17.5. The van der Waals surface area contributed by atoms with Crippen molar-refractivity contribution >= 4 is 18.1 Å². The molecule has 0 unspecified atom stereocenters. The first-order valence-electron chi connectivity index (χ1n) is 7.53. The molecule has 23 heavy (non-hydrogen) atoms. The summed E-state index contributed by atoms with van der Waals surface area (Å²) in [6.07, 6.45) is 3.04. The molecule has 1 aromatic rings. The Morgan fingerprint density at radius 3 is 2.30 bits per heavy atom. The Kier molecular flexibility index (Phi) is 6.82. The molecule has 1 amide bonds. The SMILES string of the molecule is COC(=O)[C@@H](C)[C@H](/C=C/c1ccccc1)NC(=O)OC(C)(C)C. The second kappa shape index (κ2) is 8.36. The van der Waals surface area contributed by atoms with Crippen LogP contribution in [0.1, 0.15) is 33.3 Å². The van der Waals surface area contributed by atoms with Crippen LogP contribution >= 0.6 is 0 Å². The number of alkyl carbamates (subject to hydrolysis) is 1. The van der Waals surface area contributed by atoms with Crippen LogP contribution in [0.4, 0.5) is 4.79 Å². The summed E-state index contributed by atoms with van der Waals surface area (Å²) in [6.45, 7) is 7.05. The van der Waals surface area contributed by atoms with Crippen molar-refractivity contribution in [1.29, 1.82) is 0 Å². The lowest BCUT2D eigenvalue weighted by molar-refractivity contribution is -0.145. The van der Waals surface area contributed by atoms with Gasteiger partial charge in [-0.25, -0.2) is 4.79 Å². The van der Waals surface area contributed by atoms with Crippen molar-refractivity contribution in [3.8, 4) is 0 Å². The minimum Gasteiger partial charge on any atom is -0.469 e. The number of ether oxygens (including phenoxy) is 2. The molecule has 0 aromatic heterocycles. The molecule has 0 aliphatic rings. The molecule has 5 nitrogen and oxygen atoms in total. The summed E-state index contributed by atoms with van der Waals surface area (Å²) in [4.78, 5) is 23.8. The molecule has 0 saturated carbocycles. The topological polar surface area (TPSA) is 64.6 Å². The van der Waals surface area contributed by atoms with E-state index < -0.39 is 29.6 Å². The predicted molar refractivity (Wildman–Crippen MR) is 89.8 cm³/mol. The molecule has 0 fully saturated rings. The molecule has 0 bridgehead atoms. The first kappa shape index (κ1) is 18.7. The van der Waals surface area contributed by atoms with E-state index in [1.54, 1.807) is 33.8 Å². The third-order valence-electron chi connectivity index (χ3n) is 3.09. The number of carbonyl (C=O) groups is 2. The van der Waals surface area contributed by atoms with Gasteiger partial charge in [-0.2, -0.15) is 0 Å². The van der Waals surface area contributed by atoms with Gasteiger partial charge in [0, 0.05) is 0 Å². The van der Waals surface area contributed by atoms with Gasteiger partial charge in [0.25, 0.3) is 0 Å². The van der Waals surface area contributed by atoms with Gasteiger partial charge >= 0.3 is 12.1 Å². The van der Waals surface area contributed by atoms with Gasteiger partial charge in [0.05, 0.1) is 19.1 Å². The lowest BCUT2D eigenvalue weighted by Crippen LogP contribution is -2.43. The molecule has 2 atom stereocenters. The predicted octanol–water partition coefficient (Wildman–Crippen LogP) is 3.40. The first-order chi connectivity index (χ1) is 10.7. The van der Waals surface area contributed by atoms with Gasteiger partial charge in [0.15, 0.2) is 0 Å². The van der Waals surface area contributed by atoms with E-state index in [0.717, 1.165) is 5.56 Å². The van der Waals surface area contributed by atoms with Gasteiger partial charge < -0.3 is 14.8 Å². The minimum absolute atomic E-state index is 0.399. The maximum Gasteiger partial charge on any atom is 0.408 e. The van der Waals surface area contributed by atoms with Crippen LogP contribution in [-0.2, 0) is 14.3 Å². The Hall–Kier alpha value is -2.30. The first-order valence-corrected chi connectivity index (χ1v) is 7.53. The molecule has 126 valence electrons. The Balaban J connectivity index is 2.87. The van der Waals surface area contributed by atoms with E-state index in [0.29, 0.717) is 0 Å². The molecule has 0 radical (unpaired) electrons. The summed E-state index contributed by atoms with van der Waals surface area (Å²) >= 11 is 0. The number of methoxy groups -OCH3 is 1. The fraction of sp³-hybridized carbons (Fsp3) is 0.444. The summed E-state index contributed by atoms with van der Waals surface area (Å²) in [7, 11) is 1.32. The zero-order valence-electron chi connectivity index (χ0n) is 14.3. The summed E-state index contributed by atoms with van der Waals surface area (Å²) < 4.78 is 10.0. The number of hydrogen-bond acceptors (Lipinski definition) is 4. The zero-order valence-corrected chi connectivity index (χ0v) is 14.3. The lowest BCUT2D eigenvalue weighted by atomic mass is 10.0. The van der Waals surface area contributed by atoms with E-state index in [1.165, 1.54) is 7.11 Å². The second-order valence-electron chi connectivity index (χ2n) is 6.25. The van der Waals surface area contributed by atoms with Crippen molar-refractivity contribution in [3.63, 3.8) is 0 Å². The standard InChI is InChI=1S/C18H25NO4/c1-13(16(20)22-5)15(19-17(21)23-18(2,3)4)12-11-14-9-7-6-8-10-14/h6-13,15H,1-5H3,(H,19,21)/b12-11+/t13-,15-/m0/s1. The second-order valence-corrected chi connectivity index (χ2v) is 6.25. The molecule has 0 saturated heterocycles. The highest BCUT2D eigenvalue weighted by Gasteiger charge is 2.26. The fourth-order valence-electron chi connectivity index (χ4n) is 1.89. The third kappa shape index (κ3) is 7.00. The van der Waals surface area contributed by atoms with E-state index in [1.807, 2.05) is 36.4 Å². The summed E-state index contributed by atoms with van der Waals surface area (Å²) in [5.41, 5.74) is 0.368. The van der Waals surface area contributed by atoms with Crippen molar-refractivity contribution in [2.75, 3.05) is 7.11 Å². The lowest BCUT2D eigenvalue weighted by Gasteiger charge is -2.24. The number of esters is 1. The quantitative estimate of drug-likeness (QED) is 0.845. The number of carbonyl (C=O) groups excluding carboxylic acids is 2. The van der Waals surface area contributed by atoms with Crippen molar-refractivity contribution in [2.45, 2.75) is 39.3 Å². The summed E-state index contributed by atoms with van der Waals surface area (Å²) in [5.74, 6) is -0.934. The number of amides is 1. The molecule has 0 heterocycles. The molecule has 0 spiro atoms. The average molecular weight is 319 g/mol. The Morgan fingerprint density at radius 2 is 1.78 bits per heavy atom. The van der Waals surface area contributed by atoms with E-state index >= 15 is 0 Å². The highest BCUT2D eigenvalue weighted by atomic mass is 16.6. The Labute approximate surface area is 137 Å². The van der Waals surface area contributed by atoms with E-state index in [4.69, 9.17) is 9.47 Å². The van der Waals surface area contributed by atoms with Crippen LogP contribution in [0.2, 0.25) is 0 Å². The van der Waals surface area contributed by atoms with Gasteiger partial charge in [0.2, 0.25) is 0 Å². The average Bonchev–Trinajstić information content (AvgIpc) is 2.49. The van der Waals surface area contributed by atoms with Crippen LogP contribution in [0.15, 0.2) is 36.4 Å². The van der Waals surface area contributed by atoms with Gasteiger partial charge in [0.1, 0.15) is 5.60 Å². The van der Waals surface area contributed by atoms with Crippen LogP contribution in [0.25, 0.3) is 6.08 Å². The maximum absolute atomic E-state index is 12.0. The fourth-order valence-corrected chi connectivity index (χ4v) is 1.89. The molecular formula is C18H25NO4. The van der Waals surface area contributed by atoms with Crippen LogP contribution in [-0.4, -0.2) is 30.8 Å². The molecule has 0 aliphatic heterocycles. The van der Waals surface area contributed by atoms with Crippen LogP contribution in [0, 0.1) is 5.92 Å². The van der Waals surface area contributed by atoms with Crippen molar-refractivity contribution in [1.82, 2.24) is 5.32 Å². The monoisotopic (exact) mass is 319 g/mol. The highest BCUT2D eigenvalue weighted by molar-refractivity contribution is 5.76. The summed E-state index contributed by atoms with van der Waals surface area (Å²) in [6, 6.07) is 9.09. The number of hydrogen-bond donors (Lipinski definition) is 1. The normalized spacial score (nSPS) is 14.1. The summed E-state index contributed by atoms with van der Waals surface area (Å²) in [5, 5.41) is 2.71. The van der Waals surface area contributed by atoms with Crippen molar-refractivity contribution in [3.05, 3.63) is 42.0 Å². The number of nitrogens with one attached hydrogen (secondary N) is 1. The Morgan fingerprint density at radius 1 is 1.17 bits per heavy atom. The van der Waals surface area contributed by atoms with E-state index in [-0.39, 0.29) is 0 Å². The molecule has 1 N–H and O–H groups in total. The van der Waals surface area contributed by atoms with Crippen LogP contribution in [0.5, 0.6) is 0 Å². The van der Waals surface area contributed by atoms with Crippen molar-refractivity contribution in [2.24, 2.45) is 5.92 Å². The molecule has 5 heteroatoms. The largest absolute Gasteiger partial charge is 0.469 e. The third-order valence-corrected chi connectivity index (χ3v) is 3.09. The van der Waals surface area contributed by atoms with Gasteiger partial charge in [-0.05, 0) is 33.3 Å². The van der Waals surface area contributed by atoms with Gasteiger partial charge in [-0.15, -0.1) is 0 Å². The van der Waals surface area contributed by atoms with E-state index in [2.05, 4.69) is 5.32 Å². The van der Waals surface area contributed by atoms with Crippen LogP contribution < -0.4 is 5.32 Å². The van der Waals surface area contributed by atoms with E-state index in [9.17, 15) is 9.59 Å². The molecule has 1 rings (SSSR count). The van der Waals surface area contributed by atoms with Crippen molar-refractivity contribution < 1.29 is 19.1 Å². The van der Waals surface area contributed by atoms with Crippen LogP contribution in [0.3, 0.4) is 0 Å². The molecule has 1 aromatic carbocycles. The molecular weight excluding hydrogens is 294 g/mol. The molecule has 0 aliphatic carbocycles. The minimum atomic E-state index is -0.605. The smallest absolute Gasteiger partial charge is 0.408 e. The highest BCUT2D eigenvalue weighted by Crippen LogP contribution is 2.12. The van der Waals surface area contributed by atoms with Gasteiger partial charge in [-0.1, -0.05) is 42.5 Å². The maximum atomic E-state index is 12.0. The Bertz CT molecular complexity index is 546. The number of benzene rings is 1.